The highest BCUT2D eigenvalue weighted by Gasteiger charge is 2.21. The molecule has 132 valence electrons. The summed E-state index contributed by atoms with van der Waals surface area (Å²) in [5.74, 6) is 1.59. The number of carbonyl (C=O) groups excluding carboxylic acids is 1. The first kappa shape index (κ1) is 18.3. The smallest absolute Gasteiger partial charge is 0.244 e. The maximum atomic E-state index is 11.9. The first-order valence-electron chi connectivity index (χ1n) is 8.56. The number of carbonyl (C=O) groups is 1. The third-order valence-electron chi connectivity index (χ3n) is 3.82. The lowest BCUT2D eigenvalue weighted by atomic mass is 10.1. The van der Waals surface area contributed by atoms with Crippen molar-refractivity contribution < 1.29 is 14.3 Å². The second-order valence-corrected chi connectivity index (χ2v) is 6.34. The van der Waals surface area contributed by atoms with Crippen LogP contribution in [0.3, 0.4) is 0 Å². The van der Waals surface area contributed by atoms with Crippen molar-refractivity contribution in [2.45, 2.75) is 32.8 Å². The van der Waals surface area contributed by atoms with Crippen molar-refractivity contribution in [2.24, 2.45) is 0 Å². The number of amides is 1. The number of hydrogen-bond donors (Lipinski definition) is 1. The molecule has 2 rings (SSSR count). The van der Waals surface area contributed by atoms with E-state index in [1.807, 2.05) is 33.2 Å². The van der Waals surface area contributed by atoms with Crippen LogP contribution in [0.15, 0.2) is 18.2 Å². The number of fused-ring (bicyclic) bond motifs is 1. The Bertz CT molecular complexity index is 597. The Kier molecular flexibility index (Phi) is 6.67. The van der Waals surface area contributed by atoms with Gasteiger partial charge in [0.2, 0.25) is 5.91 Å². The van der Waals surface area contributed by atoms with E-state index in [2.05, 4.69) is 17.1 Å². The van der Waals surface area contributed by atoms with E-state index < -0.39 is 0 Å². The Morgan fingerprint density at radius 1 is 1.46 bits per heavy atom. The van der Waals surface area contributed by atoms with Gasteiger partial charge < -0.3 is 19.7 Å². The maximum Gasteiger partial charge on any atom is 0.244 e. The van der Waals surface area contributed by atoms with E-state index in [0.29, 0.717) is 13.2 Å². The van der Waals surface area contributed by atoms with Crippen LogP contribution < -0.4 is 14.8 Å². The summed E-state index contributed by atoms with van der Waals surface area (Å²) in [6.45, 7) is 6.23. The molecule has 1 aromatic rings. The number of nitrogens with zero attached hydrogens (tertiary/aromatic N) is 1. The van der Waals surface area contributed by atoms with Crippen LogP contribution in [0.25, 0.3) is 6.08 Å². The van der Waals surface area contributed by atoms with Crippen LogP contribution in [0.2, 0.25) is 0 Å². The molecule has 0 fully saturated rings. The van der Waals surface area contributed by atoms with Gasteiger partial charge in [0, 0.05) is 30.2 Å². The number of rotatable bonds is 8. The molecule has 1 amide bonds. The van der Waals surface area contributed by atoms with E-state index in [9.17, 15) is 4.79 Å². The first-order valence-corrected chi connectivity index (χ1v) is 8.56. The minimum Gasteiger partial charge on any atom is -0.493 e. The van der Waals surface area contributed by atoms with Gasteiger partial charge in [0.15, 0.2) is 0 Å². The highest BCUT2D eigenvalue weighted by molar-refractivity contribution is 5.92. The van der Waals surface area contributed by atoms with Gasteiger partial charge in [-0.1, -0.05) is 0 Å². The van der Waals surface area contributed by atoms with Gasteiger partial charge in [-0.2, -0.15) is 0 Å². The normalized spacial score (nSPS) is 16.3. The molecular formula is C19H28N2O3. The van der Waals surface area contributed by atoms with Crippen molar-refractivity contribution >= 4 is 12.0 Å². The van der Waals surface area contributed by atoms with Gasteiger partial charge in [-0.25, -0.2) is 0 Å². The lowest BCUT2D eigenvalue weighted by Crippen LogP contribution is -2.25. The Morgan fingerprint density at radius 2 is 2.25 bits per heavy atom. The third-order valence-corrected chi connectivity index (χ3v) is 3.82. The molecular weight excluding hydrogens is 304 g/mol. The van der Waals surface area contributed by atoms with Crippen molar-refractivity contribution in [1.82, 2.24) is 10.2 Å². The number of benzene rings is 1. The molecule has 1 aliphatic rings. The van der Waals surface area contributed by atoms with Crippen molar-refractivity contribution in [1.29, 1.82) is 0 Å². The number of hydrogen-bond acceptors (Lipinski definition) is 4. The largest absolute Gasteiger partial charge is 0.493 e. The van der Waals surface area contributed by atoms with E-state index in [0.717, 1.165) is 42.0 Å². The monoisotopic (exact) mass is 332 g/mol. The molecule has 5 nitrogen and oxygen atoms in total. The summed E-state index contributed by atoms with van der Waals surface area (Å²) in [7, 11) is 4.04. The third kappa shape index (κ3) is 5.27. The Hall–Kier alpha value is -2.01. The van der Waals surface area contributed by atoms with Gasteiger partial charge in [-0.05, 0) is 59.1 Å². The molecule has 0 radical (unpaired) electrons. The quantitative estimate of drug-likeness (QED) is 0.587. The summed E-state index contributed by atoms with van der Waals surface area (Å²) in [6, 6.07) is 3.98. The van der Waals surface area contributed by atoms with E-state index in [4.69, 9.17) is 9.47 Å². The van der Waals surface area contributed by atoms with Crippen molar-refractivity contribution in [3.63, 3.8) is 0 Å². The van der Waals surface area contributed by atoms with Crippen LogP contribution >= 0.6 is 0 Å². The van der Waals surface area contributed by atoms with Crippen molar-refractivity contribution in [2.75, 3.05) is 33.8 Å². The molecule has 0 saturated carbocycles. The van der Waals surface area contributed by atoms with E-state index in [1.54, 1.807) is 12.2 Å². The molecule has 0 aromatic heterocycles. The van der Waals surface area contributed by atoms with Crippen LogP contribution in [0.5, 0.6) is 11.5 Å². The van der Waals surface area contributed by atoms with Crippen LogP contribution in [0.1, 0.15) is 31.4 Å². The Labute approximate surface area is 144 Å². The van der Waals surface area contributed by atoms with E-state index in [1.165, 1.54) is 0 Å². The summed E-state index contributed by atoms with van der Waals surface area (Å²) in [4.78, 5) is 14.0. The lowest BCUT2D eigenvalue weighted by molar-refractivity contribution is -0.116. The predicted octanol–water partition coefficient (Wildman–Crippen LogP) is 2.49. The second kappa shape index (κ2) is 8.73. The maximum absolute atomic E-state index is 11.9. The molecule has 0 saturated heterocycles. The fourth-order valence-electron chi connectivity index (χ4n) is 2.70. The van der Waals surface area contributed by atoms with Crippen LogP contribution in [0.4, 0.5) is 0 Å². The summed E-state index contributed by atoms with van der Waals surface area (Å²) in [5, 5.41) is 2.89. The van der Waals surface area contributed by atoms with Gasteiger partial charge in [-0.15, -0.1) is 0 Å². The number of nitrogens with one attached hydrogen (secondary N) is 1. The topological polar surface area (TPSA) is 50.8 Å². The lowest BCUT2D eigenvalue weighted by Gasteiger charge is -2.10. The van der Waals surface area contributed by atoms with Crippen LogP contribution in [-0.4, -0.2) is 50.7 Å². The van der Waals surface area contributed by atoms with Gasteiger partial charge in [0.05, 0.1) is 6.61 Å². The van der Waals surface area contributed by atoms with Gasteiger partial charge in [0.25, 0.3) is 0 Å². The summed E-state index contributed by atoms with van der Waals surface area (Å²) >= 11 is 0. The molecule has 0 spiro atoms. The highest BCUT2D eigenvalue weighted by Crippen LogP contribution is 2.35. The SMILES string of the molecule is CCOc1cc2c(cc1/C=C/C(=O)NCCCN(C)C)OC(C)C2. The highest BCUT2D eigenvalue weighted by atomic mass is 16.5. The minimum absolute atomic E-state index is 0.0917. The molecule has 1 unspecified atom stereocenters. The van der Waals surface area contributed by atoms with E-state index in [-0.39, 0.29) is 12.0 Å². The molecule has 1 aromatic carbocycles. The fraction of sp³-hybridized carbons (Fsp3) is 0.526. The second-order valence-electron chi connectivity index (χ2n) is 6.34. The summed E-state index contributed by atoms with van der Waals surface area (Å²) < 4.78 is 11.5. The Morgan fingerprint density at radius 3 is 2.96 bits per heavy atom. The van der Waals surface area contributed by atoms with Crippen molar-refractivity contribution in [3.05, 3.63) is 29.3 Å². The minimum atomic E-state index is -0.0917. The number of ether oxygens (including phenoxy) is 2. The average Bonchev–Trinajstić information content (AvgIpc) is 2.88. The first-order chi connectivity index (χ1) is 11.5. The van der Waals surface area contributed by atoms with Crippen LogP contribution in [-0.2, 0) is 11.2 Å². The van der Waals surface area contributed by atoms with Gasteiger partial charge in [0.1, 0.15) is 17.6 Å². The zero-order chi connectivity index (χ0) is 17.5. The molecule has 1 atom stereocenters. The fourth-order valence-corrected chi connectivity index (χ4v) is 2.70. The summed E-state index contributed by atoms with van der Waals surface area (Å²) in [5.41, 5.74) is 2.03. The molecule has 24 heavy (non-hydrogen) atoms. The molecule has 1 aliphatic heterocycles. The summed E-state index contributed by atoms with van der Waals surface area (Å²) in [6.07, 6.45) is 5.36. The zero-order valence-electron chi connectivity index (χ0n) is 15.1. The van der Waals surface area contributed by atoms with Crippen LogP contribution in [0, 0.1) is 0 Å². The van der Waals surface area contributed by atoms with Gasteiger partial charge >= 0.3 is 0 Å². The molecule has 1 N–H and O–H groups in total. The van der Waals surface area contributed by atoms with Crippen molar-refractivity contribution in [3.8, 4) is 11.5 Å². The molecule has 0 bridgehead atoms. The van der Waals surface area contributed by atoms with E-state index >= 15 is 0 Å². The zero-order valence-corrected chi connectivity index (χ0v) is 15.1. The Balaban J connectivity index is 2.00. The molecule has 5 heteroatoms. The molecule has 1 heterocycles. The molecule has 0 aliphatic carbocycles. The standard InChI is InChI=1S/C19H28N2O3/c1-5-23-17-13-16-11-14(2)24-18(16)12-15(17)7-8-19(22)20-9-6-10-21(3)4/h7-8,12-14H,5-6,9-11H2,1-4H3,(H,20,22)/b8-7+. The predicted molar refractivity (Wildman–Crippen MR) is 96.6 cm³/mol. The van der Waals surface area contributed by atoms with Gasteiger partial charge in [-0.3, -0.25) is 4.79 Å². The average molecular weight is 332 g/mol.